The Morgan fingerprint density at radius 2 is 0.673 bits per heavy atom. The third kappa shape index (κ3) is 21.1. The van der Waals surface area contributed by atoms with E-state index in [-0.39, 0.29) is 6.61 Å². The van der Waals surface area contributed by atoms with E-state index in [1.165, 1.54) is 57.8 Å². The molecule has 314 valence electrons. The molecule has 4 aliphatic carbocycles. The number of hydrogen-bond acceptors (Lipinski definition) is 10. The Labute approximate surface area is 320 Å². The van der Waals surface area contributed by atoms with Gasteiger partial charge < -0.3 is 54.2 Å². The molecule has 0 spiro atoms. The molecule has 0 aromatic heterocycles. The van der Waals surface area contributed by atoms with Crippen LogP contribution in [0.25, 0.3) is 0 Å². The summed E-state index contributed by atoms with van der Waals surface area (Å²) in [6.07, 6.45) is 21.1. The zero-order valence-corrected chi connectivity index (χ0v) is 34.8. The maximum Gasteiger partial charge on any atom is 0.0464 e. The zero-order chi connectivity index (χ0) is 39.7. The maximum atomic E-state index is 9.17. The lowest BCUT2D eigenvalue weighted by Gasteiger charge is -2.20. The van der Waals surface area contributed by atoms with Crippen molar-refractivity contribution in [3.05, 3.63) is 0 Å². The molecule has 0 aromatic carbocycles. The topological polar surface area (TPSA) is 231 Å². The molecule has 0 aromatic rings. The van der Waals surface area contributed by atoms with Gasteiger partial charge in [0.05, 0.1) is 0 Å². The summed E-state index contributed by atoms with van der Waals surface area (Å²) in [6.45, 7) is 16.5. The molecule has 10 nitrogen and oxygen atoms in total. The molecule has 10 heteroatoms. The van der Waals surface area contributed by atoms with Gasteiger partial charge in [0.15, 0.2) is 0 Å². The molecule has 4 saturated carbocycles. The van der Waals surface area contributed by atoms with Crippen LogP contribution >= 0.6 is 0 Å². The second kappa shape index (κ2) is 28.1. The molecule has 0 aliphatic heterocycles. The third-order valence-electron chi connectivity index (χ3n) is 13.4. The fourth-order valence-electron chi connectivity index (χ4n) is 7.19. The molecule has 4 rings (SSSR count). The summed E-state index contributed by atoms with van der Waals surface area (Å²) in [5, 5.41) is 44.9. The van der Waals surface area contributed by atoms with Gasteiger partial charge >= 0.3 is 0 Å². The van der Waals surface area contributed by atoms with E-state index in [0.717, 1.165) is 77.4 Å². The van der Waals surface area contributed by atoms with Crippen LogP contribution in [0.3, 0.4) is 0 Å². The summed E-state index contributed by atoms with van der Waals surface area (Å²) in [4.78, 5) is 0. The van der Waals surface area contributed by atoms with E-state index in [1.54, 1.807) is 0 Å². The standard InChI is InChI=1S/C10H21NO.2C9H19NO.C8H17NO.C6H15NO/c1-10(5-6-10)9(8-12)4-2-3-7-11;2*1-9(4-5-9)8(7-11)3-2-6-10;1-8(3-4-8)7(6-10)2-5-9;1-2-6(5-8)3-4-7/h9,12H,2-8,11H2,1H3;2*8,11H,2-7,10H2,1H3;7,10H,2-6,9H2,1H3;6,8H,2-5,7H2,1H3. The molecule has 0 bridgehead atoms. The normalized spacial score (nSPS) is 21.8. The predicted octanol–water partition coefficient (Wildman–Crippen LogP) is 4.89. The van der Waals surface area contributed by atoms with Crippen LogP contribution in [-0.2, 0) is 0 Å². The highest BCUT2D eigenvalue weighted by atomic mass is 16.3. The Morgan fingerprint density at radius 3 is 0.865 bits per heavy atom. The van der Waals surface area contributed by atoms with Gasteiger partial charge in [0, 0.05) is 33.0 Å². The third-order valence-corrected chi connectivity index (χ3v) is 13.4. The monoisotopic (exact) mass is 746 g/mol. The van der Waals surface area contributed by atoms with E-state index in [1.807, 2.05) is 0 Å². The van der Waals surface area contributed by atoms with Crippen LogP contribution in [0.2, 0.25) is 0 Å². The zero-order valence-electron chi connectivity index (χ0n) is 34.8. The average molecular weight is 746 g/mol. The van der Waals surface area contributed by atoms with Gasteiger partial charge in [-0.05, 0) is 187 Å². The number of aliphatic hydroxyl groups is 5. The molecule has 15 N–H and O–H groups in total. The summed E-state index contributed by atoms with van der Waals surface area (Å²) in [6, 6.07) is 0. The van der Waals surface area contributed by atoms with E-state index in [4.69, 9.17) is 54.2 Å². The lowest BCUT2D eigenvalue weighted by Crippen LogP contribution is -2.20. The number of hydrogen-bond donors (Lipinski definition) is 10. The Kier molecular flexibility index (Phi) is 27.8. The smallest absolute Gasteiger partial charge is 0.0464 e. The molecule has 5 atom stereocenters. The second-order valence-electron chi connectivity index (χ2n) is 17.9. The molecule has 4 aliphatic rings. The van der Waals surface area contributed by atoms with Crippen molar-refractivity contribution in [1.82, 2.24) is 0 Å². The summed E-state index contributed by atoms with van der Waals surface area (Å²) >= 11 is 0. The second-order valence-corrected chi connectivity index (χ2v) is 17.9. The van der Waals surface area contributed by atoms with Crippen LogP contribution in [0.5, 0.6) is 0 Å². The molecule has 0 saturated heterocycles. The quantitative estimate of drug-likeness (QED) is 0.0601. The van der Waals surface area contributed by atoms with Crippen molar-refractivity contribution in [1.29, 1.82) is 0 Å². The Bertz CT molecular complexity index is 802. The van der Waals surface area contributed by atoms with Crippen molar-refractivity contribution in [2.75, 3.05) is 65.8 Å². The van der Waals surface area contributed by atoms with Crippen LogP contribution in [-0.4, -0.2) is 91.3 Å². The van der Waals surface area contributed by atoms with Crippen molar-refractivity contribution in [3.8, 4) is 0 Å². The van der Waals surface area contributed by atoms with Crippen molar-refractivity contribution < 1.29 is 25.5 Å². The first-order valence-electron chi connectivity index (χ1n) is 21.3. The molecule has 0 radical (unpaired) electrons. The van der Waals surface area contributed by atoms with E-state index in [0.29, 0.717) is 90.8 Å². The van der Waals surface area contributed by atoms with Crippen molar-refractivity contribution in [2.45, 2.75) is 150 Å². The van der Waals surface area contributed by atoms with Gasteiger partial charge in [0.1, 0.15) is 0 Å². The SMILES string of the molecule is CC1(C(CO)CCCCN)CC1.CC1(C(CO)CCCN)CC1.CC1(C(CO)CCCN)CC1.CC1(C(CO)CCN)CC1.CCC(CO)CCN. The van der Waals surface area contributed by atoms with Crippen LogP contribution in [0.15, 0.2) is 0 Å². The van der Waals surface area contributed by atoms with Gasteiger partial charge in [0.25, 0.3) is 0 Å². The largest absolute Gasteiger partial charge is 0.396 e. The molecular weight excluding hydrogens is 654 g/mol. The summed E-state index contributed by atoms with van der Waals surface area (Å²) in [5.74, 6) is 2.43. The minimum Gasteiger partial charge on any atom is -0.396 e. The van der Waals surface area contributed by atoms with Crippen LogP contribution in [0.4, 0.5) is 0 Å². The summed E-state index contributed by atoms with van der Waals surface area (Å²) in [7, 11) is 0. The average Bonchev–Trinajstić information content (AvgIpc) is 3.96. The first-order valence-corrected chi connectivity index (χ1v) is 21.3. The highest BCUT2D eigenvalue weighted by Gasteiger charge is 2.45. The maximum absolute atomic E-state index is 9.17. The number of aliphatic hydroxyl groups excluding tert-OH is 5. The molecule has 0 heterocycles. The molecule has 52 heavy (non-hydrogen) atoms. The molecular formula is C42H91N5O5. The molecule has 5 unspecified atom stereocenters. The van der Waals surface area contributed by atoms with E-state index < -0.39 is 0 Å². The fourth-order valence-corrected chi connectivity index (χ4v) is 7.19. The van der Waals surface area contributed by atoms with Crippen LogP contribution in [0.1, 0.15) is 150 Å². The number of unbranched alkanes of at least 4 members (excludes halogenated alkanes) is 1. The predicted molar refractivity (Wildman–Crippen MR) is 219 cm³/mol. The first-order chi connectivity index (χ1) is 24.8. The molecule has 4 fully saturated rings. The number of nitrogens with two attached hydrogens (primary N) is 5. The van der Waals surface area contributed by atoms with Gasteiger partial charge in [-0.25, -0.2) is 0 Å². The highest BCUT2D eigenvalue weighted by molar-refractivity contribution is 4.96. The first kappa shape index (κ1) is 51.6. The number of rotatable bonds is 24. The van der Waals surface area contributed by atoms with Gasteiger partial charge in [-0.15, -0.1) is 0 Å². The van der Waals surface area contributed by atoms with Crippen molar-refractivity contribution >= 4 is 0 Å². The Hall–Kier alpha value is -0.400. The van der Waals surface area contributed by atoms with Crippen molar-refractivity contribution in [2.24, 2.45) is 79.9 Å². The lowest BCUT2D eigenvalue weighted by molar-refractivity contribution is 0.159. The van der Waals surface area contributed by atoms with Gasteiger partial charge in [-0.3, -0.25) is 0 Å². The Balaban J connectivity index is 0.000000629. The van der Waals surface area contributed by atoms with Crippen molar-refractivity contribution in [3.63, 3.8) is 0 Å². The lowest BCUT2D eigenvalue weighted by atomic mass is 9.87. The molecule has 0 amide bonds. The van der Waals surface area contributed by atoms with Gasteiger partial charge in [-0.1, -0.05) is 47.5 Å². The fraction of sp³-hybridized carbons (Fsp3) is 1.00. The van der Waals surface area contributed by atoms with E-state index in [2.05, 4.69) is 34.6 Å². The minimum atomic E-state index is 0.285. The van der Waals surface area contributed by atoms with Gasteiger partial charge in [-0.2, -0.15) is 0 Å². The highest BCUT2D eigenvalue weighted by Crippen LogP contribution is 2.54. The van der Waals surface area contributed by atoms with Crippen LogP contribution < -0.4 is 28.7 Å². The van der Waals surface area contributed by atoms with Crippen LogP contribution in [0, 0.1) is 51.2 Å². The Morgan fingerprint density at radius 1 is 0.385 bits per heavy atom. The summed E-state index contributed by atoms with van der Waals surface area (Å²) < 4.78 is 0. The van der Waals surface area contributed by atoms with E-state index in [9.17, 15) is 0 Å². The minimum absolute atomic E-state index is 0.285. The van der Waals surface area contributed by atoms with Gasteiger partial charge in [0.2, 0.25) is 0 Å². The van der Waals surface area contributed by atoms with E-state index >= 15 is 0 Å². The summed E-state index contributed by atoms with van der Waals surface area (Å²) in [5.41, 5.74) is 28.8.